The van der Waals surface area contributed by atoms with E-state index >= 15 is 0 Å². The van der Waals surface area contributed by atoms with E-state index in [1.165, 1.54) is 6.42 Å². The molecule has 1 saturated heterocycles. The summed E-state index contributed by atoms with van der Waals surface area (Å²) < 4.78 is 2.41. The van der Waals surface area contributed by atoms with Crippen LogP contribution in [0.3, 0.4) is 0 Å². The second-order valence-electron chi connectivity index (χ2n) is 4.31. The molecule has 0 aliphatic carbocycles. The van der Waals surface area contributed by atoms with Crippen molar-refractivity contribution in [3.8, 4) is 0 Å². The van der Waals surface area contributed by atoms with Crippen LogP contribution in [0.1, 0.15) is 36.7 Å². The van der Waals surface area contributed by atoms with Crippen molar-refractivity contribution < 1.29 is 4.79 Å². The first-order chi connectivity index (χ1) is 7.61. The van der Waals surface area contributed by atoms with Gasteiger partial charge >= 0.3 is 0 Å². The van der Waals surface area contributed by atoms with E-state index in [0.29, 0.717) is 11.7 Å². The number of aromatic nitrogens is 2. The minimum Gasteiger partial charge on any atom is -0.335 e. The van der Waals surface area contributed by atoms with Gasteiger partial charge in [0.1, 0.15) is 5.69 Å². The van der Waals surface area contributed by atoms with Crippen molar-refractivity contribution in [2.45, 2.75) is 32.2 Å². The van der Waals surface area contributed by atoms with Crippen LogP contribution >= 0.6 is 15.9 Å². The smallest absolute Gasteiger partial charge is 0.273 e. The van der Waals surface area contributed by atoms with Crippen molar-refractivity contribution in [3.05, 3.63) is 16.4 Å². The Morgan fingerprint density at radius 2 is 2.31 bits per heavy atom. The van der Waals surface area contributed by atoms with Crippen LogP contribution in [0.25, 0.3) is 0 Å². The van der Waals surface area contributed by atoms with E-state index in [4.69, 9.17) is 0 Å². The minimum atomic E-state index is 0.0825. The first-order valence-corrected chi connectivity index (χ1v) is 6.39. The fraction of sp³-hybridized carbons (Fsp3) is 0.636. The highest BCUT2D eigenvalue weighted by Crippen LogP contribution is 2.22. The third kappa shape index (κ3) is 2.00. The van der Waals surface area contributed by atoms with E-state index in [1.807, 2.05) is 4.90 Å². The summed E-state index contributed by atoms with van der Waals surface area (Å²) in [6.07, 6.45) is 5.09. The molecule has 2 rings (SSSR count). The highest BCUT2D eigenvalue weighted by molar-refractivity contribution is 9.10. The Kier molecular flexibility index (Phi) is 3.33. The summed E-state index contributed by atoms with van der Waals surface area (Å²) in [6.45, 7) is 2.97. The maximum Gasteiger partial charge on any atom is 0.273 e. The van der Waals surface area contributed by atoms with E-state index in [2.05, 4.69) is 28.0 Å². The van der Waals surface area contributed by atoms with Gasteiger partial charge in [-0.2, -0.15) is 5.10 Å². The molecule has 1 aliphatic rings. The van der Waals surface area contributed by atoms with Gasteiger partial charge in [0.15, 0.2) is 0 Å². The summed E-state index contributed by atoms with van der Waals surface area (Å²) in [5, 5.41) is 4.08. The van der Waals surface area contributed by atoms with Gasteiger partial charge in [0.2, 0.25) is 0 Å². The Labute approximate surface area is 104 Å². The quantitative estimate of drug-likeness (QED) is 0.793. The maximum absolute atomic E-state index is 12.3. The molecule has 88 valence electrons. The monoisotopic (exact) mass is 285 g/mol. The third-order valence-electron chi connectivity index (χ3n) is 3.16. The van der Waals surface area contributed by atoms with Crippen LogP contribution < -0.4 is 0 Å². The van der Waals surface area contributed by atoms with E-state index < -0.39 is 0 Å². The summed E-state index contributed by atoms with van der Waals surface area (Å²) in [5.41, 5.74) is 0.647. The molecular weight excluding hydrogens is 270 g/mol. The molecule has 1 aromatic rings. The highest BCUT2D eigenvalue weighted by Gasteiger charge is 2.27. The van der Waals surface area contributed by atoms with Crippen LogP contribution in [-0.2, 0) is 7.05 Å². The maximum atomic E-state index is 12.3. The number of hydrogen-bond acceptors (Lipinski definition) is 2. The third-order valence-corrected chi connectivity index (χ3v) is 3.74. The highest BCUT2D eigenvalue weighted by atomic mass is 79.9. The fourth-order valence-corrected chi connectivity index (χ4v) is 2.70. The van der Waals surface area contributed by atoms with Crippen LogP contribution in [0.15, 0.2) is 10.7 Å². The first-order valence-electron chi connectivity index (χ1n) is 5.59. The zero-order chi connectivity index (χ0) is 11.7. The molecule has 0 radical (unpaired) electrons. The number of carbonyl (C=O) groups excluding carboxylic acids is 1. The molecule has 1 unspecified atom stereocenters. The number of aryl methyl sites for hydroxylation is 1. The summed E-state index contributed by atoms with van der Waals surface area (Å²) >= 11 is 3.37. The van der Waals surface area contributed by atoms with E-state index in [9.17, 15) is 4.79 Å². The zero-order valence-electron chi connectivity index (χ0n) is 9.61. The molecular formula is C11H16BrN3O. The summed E-state index contributed by atoms with van der Waals surface area (Å²) in [5.74, 6) is 0.0825. The molecule has 0 N–H and O–H groups in total. The van der Waals surface area contributed by atoms with E-state index in [-0.39, 0.29) is 5.91 Å². The molecule has 1 atom stereocenters. The van der Waals surface area contributed by atoms with Gasteiger partial charge in [0, 0.05) is 19.6 Å². The lowest BCUT2D eigenvalue weighted by molar-refractivity contribution is 0.0623. The molecule has 0 saturated carbocycles. The standard InChI is InChI=1S/C11H16BrN3O/c1-8-5-3-4-6-15(8)11(16)10-9(12)7-13-14(10)2/h7-8H,3-6H2,1-2H3. The van der Waals surface area contributed by atoms with Crippen molar-refractivity contribution in [3.63, 3.8) is 0 Å². The van der Waals surface area contributed by atoms with Gasteiger partial charge in [0.05, 0.1) is 10.7 Å². The lowest BCUT2D eigenvalue weighted by Gasteiger charge is -2.33. The first kappa shape index (κ1) is 11.6. The minimum absolute atomic E-state index is 0.0825. The molecule has 4 nitrogen and oxygen atoms in total. The Morgan fingerprint density at radius 3 is 2.88 bits per heavy atom. The van der Waals surface area contributed by atoms with Crippen LogP contribution in [0.5, 0.6) is 0 Å². The van der Waals surface area contributed by atoms with Gasteiger partial charge in [-0.05, 0) is 42.1 Å². The zero-order valence-corrected chi connectivity index (χ0v) is 11.2. The van der Waals surface area contributed by atoms with Crippen LogP contribution in [0.4, 0.5) is 0 Å². The molecule has 2 heterocycles. The molecule has 0 bridgehead atoms. The number of nitrogens with zero attached hydrogens (tertiary/aromatic N) is 3. The number of halogens is 1. The predicted octanol–water partition coefficient (Wildman–Crippen LogP) is 2.20. The van der Waals surface area contributed by atoms with Crippen molar-refractivity contribution in [1.29, 1.82) is 0 Å². The van der Waals surface area contributed by atoms with Crippen LogP contribution in [0, 0.1) is 0 Å². The Hall–Kier alpha value is -0.840. The average molecular weight is 286 g/mol. The van der Waals surface area contributed by atoms with Crippen molar-refractivity contribution in [2.75, 3.05) is 6.54 Å². The van der Waals surface area contributed by atoms with Crippen molar-refractivity contribution in [1.82, 2.24) is 14.7 Å². The lowest BCUT2D eigenvalue weighted by atomic mass is 10.0. The molecule has 1 fully saturated rings. The van der Waals surface area contributed by atoms with Gasteiger partial charge in [-0.25, -0.2) is 0 Å². The predicted molar refractivity (Wildman–Crippen MR) is 65.3 cm³/mol. The van der Waals surface area contributed by atoms with Gasteiger partial charge in [-0.15, -0.1) is 0 Å². The van der Waals surface area contributed by atoms with Crippen LogP contribution in [0.2, 0.25) is 0 Å². The van der Waals surface area contributed by atoms with Crippen LogP contribution in [-0.4, -0.2) is 33.2 Å². The van der Waals surface area contributed by atoms with Gasteiger partial charge in [-0.3, -0.25) is 9.48 Å². The van der Waals surface area contributed by atoms with E-state index in [0.717, 1.165) is 23.9 Å². The number of carbonyl (C=O) groups is 1. The summed E-state index contributed by atoms with van der Waals surface area (Å²) in [4.78, 5) is 14.3. The molecule has 5 heteroatoms. The van der Waals surface area contributed by atoms with Crippen molar-refractivity contribution in [2.24, 2.45) is 7.05 Å². The Morgan fingerprint density at radius 1 is 1.56 bits per heavy atom. The number of amides is 1. The van der Waals surface area contributed by atoms with Crippen molar-refractivity contribution >= 4 is 21.8 Å². The number of likely N-dealkylation sites (tertiary alicyclic amines) is 1. The molecule has 0 aromatic carbocycles. The number of piperidine rings is 1. The SMILES string of the molecule is CC1CCCCN1C(=O)c1c(Br)cnn1C. The summed E-state index contributed by atoms with van der Waals surface area (Å²) in [6, 6.07) is 0.336. The summed E-state index contributed by atoms with van der Waals surface area (Å²) in [7, 11) is 1.80. The normalized spacial score (nSPS) is 21.2. The van der Waals surface area contributed by atoms with Gasteiger partial charge < -0.3 is 4.90 Å². The molecule has 1 amide bonds. The Balaban J connectivity index is 2.24. The molecule has 1 aliphatic heterocycles. The number of hydrogen-bond donors (Lipinski definition) is 0. The second kappa shape index (κ2) is 4.57. The number of rotatable bonds is 1. The van der Waals surface area contributed by atoms with Gasteiger partial charge in [0.25, 0.3) is 5.91 Å². The fourth-order valence-electron chi connectivity index (χ4n) is 2.19. The molecule has 0 spiro atoms. The lowest BCUT2D eigenvalue weighted by Crippen LogP contribution is -2.42. The second-order valence-corrected chi connectivity index (χ2v) is 5.16. The molecule has 16 heavy (non-hydrogen) atoms. The van der Waals surface area contributed by atoms with Gasteiger partial charge in [-0.1, -0.05) is 0 Å². The van der Waals surface area contributed by atoms with E-state index in [1.54, 1.807) is 17.9 Å². The average Bonchev–Trinajstić information content (AvgIpc) is 2.58. The Bertz CT molecular complexity index is 382. The topological polar surface area (TPSA) is 38.1 Å². The molecule has 1 aromatic heterocycles. The largest absolute Gasteiger partial charge is 0.335 e.